The van der Waals surface area contributed by atoms with Gasteiger partial charge in [0.1, 0.15) is 5.71 Å². The first-order chi connectivity index (χ1) is 11.5. The van der Waals surface area contributed by atoms with Crippen LogP contribution in [0.4, 0.5) is 0 Å². The number of carboxylic acid groups (broad SMARTS) is 1. The Labute approximate surface area is 150 Å². The fraction of sp³-hybridized carbons (Fsp3) is 0.0667. The maximum absolute atomic E-state index is 10.7. The first-order valence-electron chi connectivity index (χ1n) is 6.67. The number of hydrogen-bond donors (Lipinski definition) is 1. The molecule has 122 valence electrons. The summed E-state index contributed by atoms with van der Waals surface area (Å²) in [6.07, 6.45) is 3.21. The molecule has 0 atom stereocenters. The number of aromatic hydroxyl groups is 1. The molecule has 0 aliphatic carbocycles. The average molecular weight is 379 g/mol. The van der Waals surface area contributed by atoms with Crippen LogP contribution in [0.5, 0.6) is 5.88 Å². The second kappa shape index (κ2) is 6.68. The maximum Gasteiger partial charge on any atom is 0.211 e. The van der Waals surface area contributed by atoms with E-state index in [4.69, 9.17) is 23.8 Å². The second-order valence-corrected chi connectivity index (χ2v) is 6.93. The molecule has 9 heteroatoms. The minimum absolute atomic E-state index is 0.225. The third kappa shape index (κ3) is 3.30. The topological polar surface area (TPSA) is 90.0 Å². The fourth-order valence-corrected chi connectivity index (χ4v) is 3.51. The Kier molecular flexibility index (Phi) is 4.61. The lowest BCUT2D eigenvalue weighted by Crippen LogP contribution is -2.27. The van der Waals surface area contributed by atoms with Gasteiger partial charge < -0.3 is 15.0 Å². The Morgan fingerprint density at radius 2 is 2.12 bits per heavy atom. The molecular formula is C15H9ClN3O3S2-. The molecule has 0 bridgehead atoms. The molecule has 2 heterocycles. The SMILES string of the molecule is O=C([O-])Cn1c(O)c(/C=C2\C=NN=C2c2ccc(Cl)cc2)sc1=S. The van der Waals surface area contributed by atoms with Gasteiger partial charge in [-0.2, -0.15) is 5.10 Å². The molecule has 0 amide bonds. The van der Waals surface area contributed by atoms with E-state index in [9.17, 15) is 15.0 Å². The van der Waals surface area contributed by atoms with Gasteiger partial charge in [-0.1, -0.05) is 23.7 Å². The monoisotopic (exact) mass is 378 g/mol. The van der Waals surface area contributed by atoms with Gasteiger partial charge in [0.05, 0.1) is 23.6 Å². The predicted octanol–water partition coefficient (Wildman–Crippen LogP) is 2.26. The molecule has 1 aromatic heterocycles. The Balaban J connectivity index is 1.98. The molecule has 0 saturated heterocycles. The summed E-state index contributed by atoms with van der Waals surface area (Å²) in [5, 5.41) is 29.5. The number of hydrogen-bond acceptors (Lipinski definition) is 7. The summed E-state index contributed by atoms with van der Waals surface area (Å²) in [6.45, 7) is -0.503. The van der Waals surface area contributed by atoms with Gasteiger partial charge in [0.15, 0.2) is 3.95 Å². The van der Waals surface area contributed by atoms with Crippen LogP contribution in [0.2, 0.25) is 5.02 Å². The molecule has 0 radical (unpaired) electrons. The molecule has 1 aliphatic heterocycles. The van der Waals surface area contributed by atoms with Crippen LogP contribution in [0, 0.1) is 3.95 Å². The zero-order valence-electron chi connectivity index (χ0n) is 12.0. The van der Waals surface area contributed by atoms with Crippen molar-refractivity contribution in [3.05, 3.63) is 49.3 Å². The number of carbonyl (C=O) groups excluding carboxylic acids is 1. The molecule has 3 rings (SSSR count). The van der Waals surface area contributed by atoms with Crippen LogP contribution < -0.4 is 5.11 Å². The molecule has 0 unspecified atom stereocenters. The van der Waals surface area contributed by atoms with Crippen LogP contribution in [0.15, 0.2) is 40.0 Å². The van der Waals surface area contributed by atoms with E-state index in [0.717, 1.165) is 21.5 Å². The van der Waals surface area contributed by atoms with Crippen molar-refractivity contribution in [2.75, 3.05) is 0 Å². The summed E-state index contributed by atoms with van der Waals surface area (Å²) in [5.74, 6) is -1.55. The molecule has 1 aliphatic rings. The van der Waals surface area contributed by atoms with Crippen LogP contribution in [0.25, 0.3) is 6.08 Å². The van der Waals surface area contributed by atoms with E-state index in [-0.39, 0.29) is 9.83 Å². The molecule has 0 fully saturated rings. The van der Waals surface area contributed by atoms with E-state index in [0.29, 0.717) is 21.2 Å². The first-order valence-corrected chi connectivity index (χ1v) is 8.27. The maximum atomic E-state index is 10.7. The van der Waals surface area contributed by atoms with Crippen LogP contribution in [-0.2, 0) is 11.3 Å². The normalized spacial score (nSPS) is 15.0. The minimum atomic E-state index is -1.33. The standard InChI is InChI=1S/C15H10ClN3O3S2/c16-10-3-1-8(2-4-10)13-9(6-17-18-13)5-11-14(22)19(7-12(20)21)15(23)24-11/h1-6,22H,7H2,(H,20,21)/p-1/b9-5+. The van der Waals surface area contributed by atoms with Crippen molar-refractivity contribution in [3.8, 4) is 5.88 Å². The van der Waals surface area contributed by atoms with Crippen molar-refractivity contribution in [1.29, 1.82) is 0 Å². The zero-order chi connectivity index (χ0) is 17.3. The van der Waals surface area contributed by atoms with Crippen LogP contribution in [0.1, 0.15) is 10.4 Å². The molecule has 0 saturated carbocycles. The number of nitrogens with zero attached hydrogens (tertiary/aromatic N) is 3. The quantitative estimate of drug-likeness (QED) is 0.826. The van der Waals surface area contributed by atoms with Crippen molar-refractivity contribution in [3.63, 3.8) is 0 Å². The van der Waals surface area contributed by atoms with Gasteiger partial charge >= 0.3 is 0 Å². The highest BCUT2D eigenvalue weighted by Gasteiger charge is 2.16. The van der Waals surface area contributed by atoms with E-state index in [1.165, 1.54) is 0 Å². The minimum Gasteiger partial charge on any atom is -0.548 e. The summed E-state index contributed by atoms with van der Waals surface area (Å²) < 4.78 is 1.34. The van der Waals surface area contributed by atoms with Crippen LogP contribution in [0.3, 0.4) is 0 Å². The number of aliphatic carboxylic acids is 1. The smallest absolute Gasteiger partial charge is 0.211 e. The molecule has 0 spiro atoms. The summed E-state index contributed by atoms with van der Waals surface area (Å²) in [6, 6.07) is 7.11. The van der Waals surface area contributed by atoms with E-state index in [2.05, 4.69) is 10.2 Å². The number of carboxylic acids is 1. The molecule has 2 aromatic rings. The first kappa shape index (κ1) is 16.6. The lowest BCUT2D eigenvalue weighted by Gasteiger charge is -2.05. The van der Waals surface area contributed by atoms with Gasteiger partial charge in [-0.3, -0.25) is 4.57 Å². The molecule has 6 nitrogen and oxygen atoms in total. The number of halogens is 1. The Hall–Kier alpha value is -2.29. The number of thiazole rings is 1. The highest BCUT2D eigenvalue weighted by molar-refractivity contribution is 7.73. The molecule has 1 aromatic carbocycles. The predicted molar refractivity (Wildman–Crippen MR) is 94.3 cm³/mol. The number of benzene rings is 1. The number of aromatic nitrogens is 1. The van der Waals surface area contributed by atoms with E-state index in [1.807, 2.05) is 12.1 Å². The van der Waals surface area contributed by atoms with Gasteiger partial charge in [0, 0.05) is 16.2 Å². The molecule has 1 N–H and O–H groups in total. The average Bonchev–Trinajstić information content (AvgIpc) is 3.09. The number of rotatable bonds is 4. The van der Waals surface area contributed by atoms with Crippen LogP contribution >= 0.6 is 35.2 Å². The van der Waals surface area contributed by atoms with E-state index < -0.39 is 12.5 Å². The van der Waals surface area contributed by atoms with Gasteiger partial charge in [-0.15, -0.1) is 16.4 Å². The van der Waals surface area contributed by atoms with Crippen LogP contribution in [-0.4, -0.2) is 27.6 Å². The van der Waals surface area contributed by atoms with E-state index in [1.54, 1.807) is 24.4 Å². The highest BCUT2D eigenvalue weighted by atomic mass is 35.5. The highest BCUT2D eigenvalue weighted by Crippen LogP contribution is 2.29. The van der Waals surface area contributed by atoms with Gasteiger partial charge in [-0.25, -0.2) is 0 Å². The van der Waals surface area contributed by atoms with Gasteiger partial charge in [0.25, 0.3) is 0 Å². The summed E-state index contributed by atoms with van der Waals surface area (Å²) in [5.41, 5.74) is 2.11. The second-order valence-electron chi connectivity index (χ2n) is 4.81. The summed E-state index contributed by atoms with van der Waals surface area (Å²) in [7, 11) is 0. The lowest BCUT2D eigenvalue weighted by atomic mass is 10.0. The largest absolute Gasteiger partial charge is 0.548 e. The Morgan fingerprint density at radius 1 is 1.42 bits per heavy atom. The number of carbonyl (C=O) groups is 1. The third-order valence-electron chi connectivity index (χ3n) is 3.21. The summed E-state index contributed by atoms with van der Waals surface area (Å²) in [4.78, 5) is 11.2. The van der Waals surface area contributed by atoms with Crippen molar-refractivity contribution < 1.29 is 15.0 Å². The third-order valence-corrected chi connectivity index (χ3v) is 4.85. The number of allylic oxidation sites excluding steroid dienone is 1. The van der Waals surface area contributed by atoms with Crippen molar-refractivity contribution in [1.82, 2.24) is 4.57 Å². The lowest BCUT2D eigenvalue weighted by molar-refractivity contribution is -0.306. The van der Waals surface area contributed by atoms with Crippen molar-refractivity contribution >= 4 is 59.1 Å². The summed E-state index contributed by atoms with van der Waals surface area (Å²) >= 11 is 12.1. The molecule has 24 heavy (non-hydrogen) atoms. The molecular weight excluding hydrogens is 370 g/mol. The Bertz CT molecular complexity index is 955. The zero-order valence-corrected chi connectivity index (χ0v) is 14.4. The van der Waals surface area contributed by atoms with Crippen molar-refractivity contribution in [2.45, 2.75) is 6.54 Å². The van der Waals surface area contributed by atoms with Crippen molar-refractivity contribution in [2.24, 2.45) is 10.2 Å². The fourth-order valence-electron chi connectivity index (χ4n) is 2.12. The Morgan fingerprint density at radius 3 is 2.79 bits per heavy atom. The van der Waals surface area contributed by atoms with Gasteiger partial charge in [-0.05, 0) is 30.4 Å². The van der Waals surface area contributed by atoms with Gasteiger partial charge in [0.2, 0.25) is 5.88 Å². The van der Waals surface area contributed by atoms with E-state index >= 15 is 0 Å².